The van der Waals surface area contributed by atoms with E-state index in [1.54, 1.807) is 0 Å². The molecule has 0 radical (unpaired) electrons. The van der Waals surface area contributed by atoms with Gasteiger partial charge in [0.15, 0.2) is 0 Å². The predicted octanol–water partition coefficient (Wildman–Crippen LogP) is 2.31. The highest BCUT2D eigenvalue weighted by Crippen LogP contribution is 2.30. The van der Waals surface area contributed by atoms with Gasteiger partial charge in [0.1, 0.15) is 0 Å². The standard InChI is InChI=1S/C17H22N2O/c20-17-16-7-2-1-4-13(16)8-11-19(17)15-9-10-18(12-15)14-5-3-6-14/h1-2,4,7,14-15H,3,5-6,8-12H2/t15-/m0/s1. The molecule has 1 aromatic rings. The zero-order valence-electron chi connectivity index (χ0n) is 11.9. The third-order valence-electron chi connectivity index (χ3n) is 5.36. The third kappa shape index (κ3) is 1.96. The number of likely N-dealkylation sites (tertiary alicyclic amines) is 1. The SMILES string of the molecule is O=C1c2ccccc2CCN1[C@H]1CCN(C2CCC2)C1. The predicted molar refractivity (Wildman–Crippen MR) is 78.8 cm³/mol. The minimum Gasteiger partial charge on any atom is -0.334 e. The molecule has 1 aromatic carbocycles. The summed E-state index contributed by atoms with van der Waals surface area (Å²) in [5.74, 6) is 0.257. The molecule has 0 N–H and O–H groups in total. The van der Waals surface area contributed by atoms with Crippen molar-refractivity contribution in [2.24, 2.45) is 0 Å². The van der Waals surface area contributed by atoms with Gasteiger partial charge in [-0.15, -0.1) is 0 Å². The van der Waals surface area contributed by atoms with Crippen molar-refractivity contribution in [1.29, 1.82) is 0 Å². The van der Waals surface area contributed by atoms with Crippen LogP contribution in [0.25, 0.3) is 0 Å². The zero-order valence-corrected chi connectivity index (χ0v) is 11.9. The van der Waals surface area contributed by atoms with Gasteiger partial charge in [-0.05, 0) is 37.3 Å². The monoisotopic (exact) mass is 270 g/mol. The first-order valence-electron chi connectivity index (χ1n) is 7.96. The molecule has 0 bridgehead atoms. The summed E-state index contributed by atoms with van der Waals surface area (Å²) in [6.07, 6.45) is 6.29. The van der Waals surface area contributed by atoms with Gasteiger partial charge in [-0.1, -0.05) is 24.6 Å². The van der Waals surface area contributed by atoms with Crippen molar-refractivity contribution in [3.05, 3.63) is 35.4 Å². The van der Waals surface area contributed by atoms with Crippen LogP contribution in [0.1, 0.15) is 41.6 Å². The minimum atomic E-state index is 0.257. The number of carbonyl (C=O) groups is 1. The van der Waals surface area contributed by atoms with Crippen LogP contribution in [0.15, 0.2) is 24.3 Å². The van der Waals surface area contributed by atoms with E-state index in [0.29, 0.717) is 6.04 Å². The molecule has 0 unspecified atom stereocenters. The highest BCUT2D eigenvalue weighted by Gasteiger charge is 2.37. The Morgan fingerprint density at radius 3 is 2.65 bits per heavy atom. The largest absolute Gasteiger partial charge is 0.334 e. The molecule has 106 valence electrons. The van der Waals surface area contributed by atoms with Crippen molar-refractivity contribution in [2.75, 3.05) is 19.6 Å². The summed E-state index contributed by atoms with van der Waals surface area (Å²) < 4.78 is 0. The van der Waals surface area contributed by atoms with Gasteiger partial charge in [0, 0.05) is 37.3 Å². The highest BCUT2D eigenvalue weighted by molar-refractivity contribution is 5.97. The van der Waals surface area contributed by atoms with Crippen molar-refractivity contribution in [2.45, 2.75) is 44.2 Å². The Balaban J connectivity index is 1.49. The Kier molecular flexibility index (Phi) is 3.03. The number of benzene rings is 1. The summed E-state index contributed by atoms with van der Waals surface area (Å²) in [6.45, 7) is 3.18. The molecule has 4 rings (SSSR count). The van der Waals surface area contributed by atoms with Crippen LogP contribution in [0.5, 0.6) is 0 Å². The molecule has 1 aliphatic carbocycles. The van der Waals surface area contributed by atoms with Crippen molar-refractivity contribution >= 4 is 5.91 Å². The minimum absolute atomic E-state index is 0.257. The van der Waals surface area contributed by atoms with Crippen LogP contribution in [0, 0.1) is 0 Å². The van der Waals surface area contributed by atoms with E-state index >= 15 is 0 Å². The van der Waals surface area contributed by atoms with E-state index in [1.165, 1.54) is 31.4 Å². The van der Waals surface area contributed by atoms with E-state index in [0.717, 1.165) is 37.5 Å². The zero-order chi connectivity index (χ0) is 13.5. The third-order valence-corrected chi connectivity index (χ3v) is 5.36. The summed E-state index contributed by atoms with van der Waals surface area (Å²) in [5, 5.41) is 0. The normalized spacial score (nSPS) is 27.5. The molecule has 1 amide bonds. The van der Waals surface area contributed by atoms with Crippen LogP contribution in [-0.4, -0.2) is 47.4 Å². The Hall–Kier alpha value is -1.35. The first-order valence-corrected chi connectivity index (χ1v) is 7.96. The fourth-order valence-electron chi connectivity index (χ4n) is 3.90. The topological polar surface area (TPSA) is 23.6 Å². The lowest BCUT2D eigenvalue weighted by atomic mass is 9.92. The molecular formula is C17H22N2O. The van der Waals surface area contributed by atoms with Crippen molar-refractivity contribution in [1.82, 2.24) is 9.80 Å². The smallest absolute Gasteiger partial charge is 0.254 e. The second kappa shape index (κ2) is 4.88. The lowest BCUT2D eigenvalue weighted by molar-refractivity contribution is 0.0647. The number of nitrogens with zero attached hydrogens (tertiary/aromatic N) is 2. The van der Waals surface area contributed by atoms with Crippen LogP contribution in [0.3, 0.4) is 0 Å². The van der Waals surface area contributed by atoms with E-state index in [2.05, 4.69) is 15.9 Å². The lowest BCUT2D eigenvalue weighted by Crippen LogP contribution is -2.47. The average molecular weight is 270 g/mol. The van der Waals surface area contributed by atoms with Crippen LogP contribution >= 0.6 is 0 Å². The van der Waals surface area contributed by atoms with Gasteiger partial charge in [-0.25, -0.2) is 0 Å². The summed E-state index contributed by atoms with van der Waals surface area (Å²) in [5.41, 5.74) is 2.16. The molecule has 1 saturated heterocycles. The molecule has 0 spiro atoms. The van der Waals surface area contributed by atoms with E-state index in [1.807, 2.05) is 18.2 Å². The summed E-state index contributed by atoms with van der Waals surface area (Å²) in [6, 6.07) is 9.36. The number of amides is 1. The molecule has 1 saturated carbocycles. The number of fused-ring (bicyclic) bond motifs is 1. The number of hydrogen-bond acceptors (Lipinski definition) is 2. The molecule has 3 nitrogen and oxygen atoms in total. The van der Waals surface area contributed by atoms with E-state index < -0.39 is 0 Å². The van der Waals surface area contributed by atoms with Crippen LogP contribution < -0.4 is 0 Å². The molecule has 2 heterocycles. The van der Waals surface area contributed by atoms with Gasteiger partial charge in [0.2, 0.25) is 0 Å². The number of hydrogen-bond donors (Lipinski definition) is 0. The van der Waals surface area contributed by atoms with Crippen LogP contribution in [0.2, 0.25) is 0 Å². The first-order chi connectivity index (χ1) is 9.83. The number of carbonyl (C=O) groups excluding carboxylic acids is 1. The van der Waals surface area contributed by atoms with Gasteiger partial charge in [0.25, 0.3) is 5.91 Å². The summed E-state index contributed by atoms with van der Waals surface area (Å²) in [4.78, 5) is 17.4. The molecule has 3 heteroatoms. The van der Waals surface area contributed by atoms with Crippen molar-refractivity contribution < 1.29 is 4.79 Å². The van der Waals surface area contributed by atoms with Gasteiger partial charge in [0.05, 0.1) is 0 Å². The molecule has 3 aliphatic rings. The molecule has 1 atom stereocenters. The fourth-order valence-corrected chi connectivity index (χ4v) is 3.90. The average Bonchev–Trinajstić information content (AvgIpc) is 2.86. The van der Waals surface area contributed by atoms with Crippen molar-refractivity contribution in [3.63, 3.8) is 0 Å². The van der Waals surface area contributed by atoms with E-state index in [4.69, 9.17) is 0 Å². The maximum absolute atomic E-state index is 12.7. The Labute approximate surface area is 120 Å². The molecule has 2 fully saturated rings. The molecule has 2 aliphatic heterocycles. The quantitative estimate of drug-likeness (QED) is 0.823. The van der Waals surface area contributed by atoms with Crippen LogP contribution in [-0.2, 0) is 6.42 Å². The second-order valence-electron chi connectivity index (χ2n) is 6.43. The second-order valence-corrected chi connectivity index (χ2v) is 6.43. The van der Waals surface area contributed by atoms with Gasteiger partial charge >= 0.3 is 0 Å². The van der Waals surface area contributed by atoms with Crippen LogP contribution in [0.4, 0.5) is 0 Å². The Morgan fingerprint density at radius 1 is 1.00 bits per heavy atom. The lowest BCUT2D eigenvalue weighted by Gasteiger charge is -2.37. The number of rotatable bonds is 2. The Morgan fingerprint density at radius 2 is 1.85 bits per heavy atom. The first kappa shape index (κ1) is 12.4. The van der Waals surface area contributed by atoms with Gasteiger partial charge in [-0.2, -0.15) is 0 Å². The highest BCUT2D eigenvalue weighted by atomic mass is 16.2. The van der Waals surface area contributed by atoms with E-state index in [-0.39, 0.29) is 5.91 Å². The maximum atomic E-state index is 12.7. The molecule has 0 aromatic heterocycles. The van der Waals surface area contributed by atoms with E-state index in [9.17, 15) is 4.79 Å². The van der Waals surface area contributed by atoms with Crippen molar-refractivity contribution in [3.8, 4) is 0 Å². The molecule has 20 heavy (non-hydrogen) atoms. The molecular weight excluding hydrogens is 248 g/mol. The van der Waals surface area contributed by atoms with Gasteiger partial charge < -0.3 is 4.90 Å². The van der Waals surface area contributed by atoms with Gasteiger partial charge in [-0.3, -0.25) is 9.69 Å². The fraction of sp³-hybridized carbons (Fsp3) is 0.588. The summed E-state index contributed by atoms with van der Waals surface area (Å²) in [7, 11) is 0. The maximum Gasteiger partial charge on any atom is 0.254 e. The summed E-state index contributed by atoms with van der Waals surface area (Å²) >= 11 is 0. The Bertz CT molecular complexity index is 523.